The van der Waals surface area contributed by atoms with Crippen molar-refractivity contribution in [2.24, 2.45) is 5.92 Å². The molecule has 3 unspecified atom stereocenters. The predicted octanol–water partition coefficient (Wildman–Crippen LogP) is 1.58. The summed E-state index contributed by atoms with van der Waals surface area (Å²) in [5, 5.41) is 24.2. The van der Waals surface area contributed by atoms with Crippen LogP contribution in [0.5, 0.6) is 0 Å². The normalized spacial score (nSPS) is 18.6. The third-order valence-corrected chi connectivity index (χ3v) is 5.71. The Balaban J connectivity index is 1.72. The van der Waals surface area contributed by atoms with Crippen molar-refractivity contribution in [1.82, 2.24) is 10.6 Å². The molecule has 1 aliphatic rings. The van der Waals surface area contributed by atoms with Crippen molar-refractivity contribution in [3.8, 4) is 11.1 Å². The molecular formula is C25H28F2N2O6. The van der Waals surface area contributed by atoms with Gasteiger partial charge in [-0.2, -0.15) is 0 Å². The van der Waals surface area contributed by atoms with Crippen molar-refractivity contribution in [3.05, 3.63) is 59.7 Å². The van der Waals surface area contributed by atoms with Crippen molar-refractivity contribution in [1.29, 1.82) is 0 Å². The van der Waals surface area contributed by atoms with Crippen molar-refractivity contribution in [2.45, 2.75) is 38.0 Å². The van der Waals surface area contributed by atoms with Gasteiger partial charge in [-0.05, 0) is 42.2 Å². The van der Waals surface area contributed by atoms with Crippen LogP contribution in [-0.2, 0) is 14.3 Å². The van der Waals surface area contributed by atoms with Crippen molar-refractivity contribution in [3.63, 3.8) is 0 Å². The first kappa shape index (κ1) is 26.4. The minimum Gasteiger partial charge on any atom is -0.394 e. The fraction of sp³-hybridized carbons (Fsp3) is 0.400. The number of hydrogen-bond acceptors (Lipinski definition) is 6. The quantitative estimate of drug-likeness (QED) is 0.354. The second-order valence-electron chi connectivity index (χ2n) is 8.91. The van der Waals surface area contributed by atoms with E-state index in [0.717, 1.165) is 12.1 Å². The number of rotatable bonds is 11. The number of aliphatic hydroxyl groups is 2. The first-order chi connectivity index (χ1) is 16.6. The number of aliphatic hydroxyl groups excluding tert-OH is 2. The molecule has 0 aromatic heterocycles. The van der Waals surface area contributed by atoms with Gasteiger partial charge in [0, 0.05) is 17.2 Å². The molecule has 2 amide bonds. The number of amides is 2. The Bertz CT molecular complexity index is 1100. The number of Topliss-reactive ketones (excluding diaryl/α,β-unsaturated/α-hetero) is 1. The topological polar surface area (TPSA) is 128 Å². The van der Waals surface area contributed by atoms with Gasteiger partial charge >= 0.3 is 0 Å². The third kappa shape index (κ3) is 6.27. The zero-order chi connectivity index (χ0) is 25.8. The second kappa shape index (κ2) is 11.0. The molecule has 0 bridgehead atoms. The average molecular weight is 491 g/mol. The second-order valence-corrected chi connectivity index (χ2v) is 8.91. The lowest BCUT2D eigenvalue weighted by Gasteiger charge is -2.24. The number of nitrogens with one attached hydrogen (secondary N) is 2. The average Bonchev–Trinajstić information content (AvgIpc) is 3.62. The number of ketones is 1. The number of benzene rings is 2. The monoisotopic (exact) mass is 490 g/mol. The van der Waals surface area contributed by atoms with Gasteiger partial charge in [0.25, 0.3) is 5.91 Å². The summed E-state index contributed by atoms with van der Waals surface area (Å²) in [6.07, 6.45) is 0.271. The molecule has 0 saturated carbocycles. The standard InChI is InChI=1S/C25H28F2N2O6/c1-14(2)8-20(22(32)25(12-31)13-35-25)28-24(34)21(11-30)29-23(33)16-5-3-4-15(9-16)18-7-6-17(26)10-19(18)27/h3-7,9-10,14,20-21,30-31H,8,11-13H2,1-2H3,(H,28,34)(H,29,33). The van der Waals surface area contributed by atoms with Crippen LogP contribution in [-0.4, -0.2) is 65.3 Å². The van der Waals surface area contributed by atoms with E-state index in [1.54, 1.807) is 6.07 Å². The molecule has 1 fully saturated rings. The molecule has 2 aromatic rings. The Labute approximate surface area is 201 Å². The number of carbonyl (C=O) groups is 3. The molecule has 4 N–H and O–H groups in total. The van der Waals surface area contributed by atoms with Gasteiger partial charge in [-0.15, -0.1) is 0 Å². The van der Waals surface area contributed by atoms with Crippen molar-refractivity contribution < 1.29 is 38.1 Å². The van der Waals surface area contributed by atoms with Gasteiger partial charge in [0.1, 0.15) is 17.7 Å². The molecule has 0 radical (unpaired) electrons. The smallest absolute Gasteiger partial charge is 0.252 e. The summed E-state index contributed by atoms with van der Waals surface area (Å²) in [4.78, 5) is 38.4. The van der Waals surface area contributed by atoms with Crippen LogP contribution in [0.1, 0.15) is 30.6 Å². The summed E-state index contributed by atoms with van der Waals surface area (Å²) < 4.78 is 32.5. The van der Waals surface area contributed by atoms with Crippen LogP contribution < -0.4 is 10.6 Å². The van der Waals surface area contributed by atoms with Crippen molar-refractivity contribution >= 4 is 17.6 Å². The van der Waals surface area contributed by atoms with E-state index in [1.807, 2.05) is 13.8 Å². The number of halogens is 2. The zero-order valence-electron chi connectivity index (χ0n) is 19.4. The maximum Gasteiger partial charge on any atom is 0.252 e. The lowest BCUT2D eigenvalue weighted by molar-refractivity contribution is -0.133. The molecule has 1 saturated heterocycles. The highest BCUT2D eigenvalue weighted by molar-refractivity contribution is 6.00. The van der Waals surface area contributed by atoms with Crippen LogP contribution in [0.3, 0.4) is 0 Å². The largest absolute Gasteiger partial charge is 0.394 e. The van der Waals surface area contributed by atoms with Gasteiger partial charge < -0.3 is 25.6 Å². The Hall–Kier alpha value is -3.21. The van der Waals surface area contributed by atoms with Crippen LogP contribution >= 0.6 is 0 Å². The van der Waals surface area contributed by atoms with Gasteiger partial charge in [-0.3, -0.25) is 14.4 Å². The third-order valence-electron chi connectivity index (χ3n) is 5.71. The van der Waals surface area contributed by atoms with E-state index in [9.17, 15) is 33.4 Å². The van der Waals surface area contributed by atoms with E-state index in [4.69, 9.17) is 4.74 Å². The van der Waals surface area contributed by atoms with Gasteiger partial charge in [-0.1, -0.05) is 26.0 Å². The molecule has 2 aromatic carbocycles. The van der Waals surface area contributed by atoms with Gasteiger partial charge in [-0.25, -0.2) is 8.78 Å². The van der Waals surface area contributed by atoms with E-state index in [1.165, 1.54) is 24.3 Å². The highest BCUT2D eigenvalue weighted by Crippen LogP contribution is 2.30. The molecular weight excluding hydrogens is 462 g/mol. The maximum atomic E-state index is 14.2. The van der Waals surface area contributed by atoms with E-state index >= 15 is 0 Å². The molecule has 10 heteroatoms. The van der Waals surface area contributed by atoms with Crippen LogP contribution in [0.2, 0.25) is 0 Å². The molecule has 1 aliphatic heterocycles. The number of epoxide rings is 1. The van der Waals surface area contributed by atoms with E-state index in [0.29, 0.717) is 5.56 Å². The van der Waals surface area contributed by atoms with Crippen molar-refractivity contribution in [2.75, 3.05) is 19.8 Å². The summed E-state index contributed by atoms with van der Waals surface area (Å²) >= 11 is 0. The Morgan fingerprint density at radius 3 is 2.34 bits per heavy atom. The van der Waals surface area contributed by atoms with Gasteiger partial charge in [0.2, 0.25) is 5.91 Å². The summed E-state index contributed by atoms with van der Waals surface area (Å²) in [6, 6.07) is 6.59. The Morgan fingerprint density at radius 1 is 1.06 bits per heavy atom. The Morgan fingerprint density at radius 2 is 1.77 bits per heavy atom. The Kier molecular flexibility index (Phi) is 8.31. The SMILES string of the molecule is CC(C)CC(NC(=O)C(CO)NC(=O)c1cccc(-c2ccc(F)cc2F)c1)C(=O)C1(CO)CO1. The van der Waals surface area contributed by atoms with Gasteiger partial charge in [0.15, 0.2) is 11.4 Å². The summed E-state index contributed by atoms with van der Waals surface area (Å²) in [7, 11) is 0. The number of carbonyl (C=O) groups excluding carboxylic acids is 3. The van der Waals surface area contributed by atoms with E-state index in [-0.39, 0.29) is 30.1 Å². The zero-order valence-corrected chi connectivity index (χ0v) is 19.4. The lowest BCUT2D eigenvalue weighted by atomic mass is 9.92. The molecule has 1 heterocycles. The minimum absolute atomic E-state index is 0.0236. The fourth-order valence-corrected chi connectivity index (χ4v) is 3.68. The first-order valence-electron chi connectivity index (χ1n) is 11.2. The number of hydrogen-bond donors (Lipinski definition) is 4. The lowest BCUT2D eigenvalue weighted by Crippen LogP contribution is -2.55. The molecule has 35 heavy (non-hydrogen) atoms. The molecule has 188 valence electrons. The number of ether oxygens (including phenoxy) is 1. The van der Waals surface area contributed by atoms with E-state index < -0.39 is 60.1 Å². The summed E-state index contributed by atoms with van der Waals surface area (Å²) in [6.45, 7) is 2.51. The van der Waals surface area contributed by atoms with Crippen LogP contribution in [0, 0.1) is 17.6 Å². The van der Waals surface area contributed by atoms with Gasteiger partial charge in [0.05, 0.1) is 25.9 Å². The van der Waals surface area contributed by atoms with Crippen LogP contribution in [0.25, 0.3) is 11.1 Å². The summed E-state index contributed by atoms with van der Waals surface area (Å²) in [5.74, 6) is -3.47. The summed E-state index contributed by atoms with van der Waals surface area (Å²) in [5.41, 5.74) is -0.840. The van der Waals surface area contributed by atoms with E-state index in [2.05, 4.69) is 10.6 Å². The molecule has 0 spiro atoms. The molecule has 0 aliphatic carbocycles. The predicted molar refractivity (Wildman–Crippen MR) is 122 cm³/mol. The first-order valence-corrected chi connectivity index (χ1v) is 11.2. The maximum absolute atomic E-state index is 14.2. The van der Waals surface area contributed by atoms with Crippen LogP contribution in [0.15, 0.2) is 42.5 Å². The molecule has 8 nitrogen and oxygen atoms in total. The minimum atomic E-state index is -1.37. The van der Waals surface area contributed by atoms with Crippen LogP contribution in [0.4, 0.5) is 8.78 Å². The fourth-order valence-electron chi connectivity index (χ4n) is 3.68. The highest BCUT2D eigenvalue weighted by Gasteiger charge is 2.54. The molecule has 3 rings (SSSR count). The highest BCUT2D eigenvalue weighted by atomic mass is 19.1. The molecule has 3 atom stereocenters.